The van der Waals surface area contributed by atoms with Gasteiger partial charge in [-0.05, 0) is 47.5 Å². The van der Waals surface area contributed by atoms with E-state index in [2.05, 4.69) is 27.8 Å². The van der Waals surface area contributed by atoms with E-state index in [4.69, 9.17) is 18.9 Å². The van der Waals surface area contributed by atoms with Crippen molar-refractivity contribution in [2.24, 2.45) is 0 Å². The molecule has 4 aromatic rings. The van der Waals surface area contributed by atoms with Gasteiger partial charge < -0.3 is 28.7 Å². The molecule has 1 aromatic heterocycles. The summed E-state index contributed by atoms with van der Waals surface area (Å²) >= 11 is 1.79. The number of ether oxygens (including phenoxy) is 4. The number of thioether (sulfide) groups is 1. The average molecular weight is 769 g/mol. The first-order valence-electron chi connectivity index (χ1n) is 18.5. The van der Waals surface area contributed by atoms with Crippen LogP contribution >= 0.6 is 11.8 Å². The summed E-state index contributed by atoms with van der Waals surface area (Å²) < 4.78 is 40.8. The number of nitrogens with zero attached hydrogens (tertiary/aromatic N) is 6. The van der Waals surface area contributed by atoms with Crippen LogP contribution in [0.5, 0.6) is 23.0 Å². The Morgan fingerprint density at radius 2 is 1.62 bits per heavy atom. The summed E-state index contributed by atoms with van der Waals surface area (Å²) in [4.78, 5) is 28.5. The number of methoxy groups -OCH3 is 2. The fourth-order valence-corrected chi connectivity index (χ4v) is 9.75. The van der Waals surface area contributed by atoms with E-state index in [0.717, 1.165) is 64.9 Å². The number of hydrogen-bond acceptors (Lipinski definition) is 10. The van der Waals surface area contributed by atoms with Gasteiger partial charge in [0.2, 0.25) is 11.7 Å². The van der Waals surface area contributed by atoms with Crippen molar-refractivity contribution in [3.05, 3.63) is 94.6 Å². The molecule has 4 aliphatic heterocycles. The van der Waals surface area contributed by atoms with Gasteiger partial charge in [0, 0.05) is 48.6 Å². The fourth-order valence-electron chi connectivity index (χ4n) is 8.50. The zero-order chi connectivity index (χ0) is 38.3. The standard InChI is InChI=1S/C39H43BFN7O6S/c1-48(19-26-22-55-35-18-34(49)46(35)36(26)38-43-45-47(40)44-38)28-8-9-29(48)17-27(16-28)42-39(50)25-14-32(41)37(54-21-24-6-12-31(52-3)13-7-24)33(15-25)53-20-23-4-10-30(51-2)11-5-23/h4-7,10-15,27-29,35H,8-9,16-22,40H2,1-3H3/p+1/t27-,28+,29-,35-,48?/m1/s1. The molecule has 5 atom stereocenters. The monoisotopic (exact) mass is 768 g/mol. The minimum absolute atomic E-state index is 0.0675. The molecule has 3 saturated heterocycles. The van der Waals surface area contributed by atoms with Gasteiger partial charge in [-0.3, -0.25) is 14.5 Å². The largest absolute Gasteiger partial charge is 0.497 e. The fraction of sp³-hybridized carbons (Fsp3) is 0.410. The molecule has 2 bridgehead atoms. The topological polar surface area (TPSA) is 130 Å². The number of quaternary nitrogens is 1. The third kappa shape index (κ3) is 7.36. The summed E-state index contributed by atoms with van der Waals surface area (Å²) in [5, 5.41) is 16.2. The lowest BCUT2D eigenvalue weighted by atomic mass is 9.93. The van der Waals surface area contributed by atoms with Gasteiger partial charge in [-0.1, -0.05) is 29.5 Å². The van der Waals surface area contributed by atoms with Crippen LogP contribution in [0.1, 0.15) is 59.4 Å². The van der Waals surface area contributed by atoms with E-state index in [1.807, 2.05) is 53.4 Å². The lowest BCUT2D eigenvalue weighted by molar-refractivity contribution is -0.944. The van der Waals surface area contributed by atoms with Crippen molar-refractivity contribution >= 4 is 37.3 Å². The van der Waals surface area contributed by atoms with E-state index in [9.17, 15) is 9.59 Å². The predicted molar refractivity (Wildman–Crippen MR) is 206 cm³/mol. The summed E-state index contributed by atoms with van der Waals surface area (Å²) in [5.41, 5.74) is 3.80. The molecule has 1 N–H and O–H groups in total. The Hall–Kier alpha value is -5.09. The molecule has 0 radical (unpaired) electrons. The molecule has 0 spiro atoms. The van der Waals surface area contributed by atoms with Crippen LogP contribution in [0.3, 0.4) is 0 Å². The van der Waals surface area contributed by atoms with Crippen LogP contribution in [-0.4, -0.2) is 106 Å². The number of fused-ring (bicyclic) bond motifs is 3. The predicted octanol–water partition coefficient (Wildman–Crippen LogP) is 3.97. The Labute approximate surface area is 324 Å². The van der Waals surface area contributed by atoms with E-state index >= 15 is 4.39 Å². The number of halogens is 1. The van der Waals surface area contributed by atoms with Crippen LogP contribution in [0.4, 0.5) is 4.39 Å². The molecule has 286 valence electrons. The van der Waals surface area contributed by atoms with E-state index in [0.29, 0.717) is 35.8 Å². The molecular weight excluding hydrogens is 724 g/mol. The number of likely N-dealkylation sites (N-methyl/N-ethyl adjacent to an activating group) is 1. The van der Waals surface area contributed by atoms with Gasteiger partial charge in [-0.15, -0.1) is 22.0 Å². The number of benzene rings is 3. The van der Waals surface area contributed by atoms with Crippen molar-refractivity contribution in [3.63, 3.8) is 0 Å². The summed E-state index contributed by atoms with van der Waals surface area (Å²) in [6, 6.07) is 18.0. The van der Waals surface area contributed by atoms with Crippen molar-refractivity contribution in [2.75, 3.05) is 33.6 Å². The van der Waals surface area contributed by atoms with Gasteiger partial charge in [0.15, 0.2) is 17.3 Å². The van der Waals surface area contributed by atoms with Crippen molar-refractivity contribution in [3.8, 4) is 23.0 Å². The minimum Gasteiger partial charge on any atom is -0.497 e. The van der Waals surface area contributed by atoms with Gasteiger partial charge in [-0.25, -0.2) is 9.10 Å². The third-order valence-electron chi connectivity index (χ3n) is 11.5. The number of β-lactam (4-membered cyclic amide) rings is 1. The Morgan fingerprint density at radius 1 is 0.982 bits per heavy atom. The minimum atomic E-state index is -0.686. The first kappa shape index (κ1) is 36.9. The highest BCUT2D eigenvalue weighted by Crippen LogP contribution is 2.47. The number of rotatable bonds is 13. The molecule has 55 heavy (non-hydrogen) atoms. The Bertz CT molecular complexity index is 2100. The van der Waals surface area contributed by atoms with Crippen LogP contribution in [0.25, 0.3) is 5.70 Å². The molecule has 3 aromatic carbocycles. The second-order valence-electron chi connectivity index (χ2n) is 14.9. The van der Waals surface area contributed by atoms with Crippen LogP contribution in [-0.2, 0) is 18.0 Å². The summed E-state index contributed by atoms with van der Waals surface area (Å²) in [5.74, 6) is 1.83. The summed E-state index contributed by atoms with van der Waals surface area (Å²) in [7, 11) is 7.23. The highest BCUT2D eigenvalue weighted by atomic mass is 32.2. The van der Waals surface area contributed by atoms with E-state index in [1.54, 1.807) is 40.0 Å². The van der Waals surface area contributed by atoms with Crippen molar-refractivity contribution in [1.82, 2.24) is 30.3 Å². The van der Waals surface area contributed by atoms with Gasteiger partial charge in [0.25, 0.3) is 13.9 Å². The third-order valence-corrected chi connectivity index (χ3v) is 12.8. The molecule has 2 amide bonds. The Balaban J connectivity index is 0.985. The lowest BCUT2D eigenvalue weighted by Gasteiger charge is -2.50. The molecular formula is C39H44BFN7O6S+. The van der Waals surface area contributed by atoms with Crippen molar-refractivity contribution in [2.45, 2.75) is 68.8 Å². The number of piperidine rings is 1. The molecule has 3 fully saturated rings. The molecule has 13 nitrogen and oxygen atoms in total. The van der Waals surface area contributed by atoms with E-state index in [-0.39, 0.29) is 53.5 Å². The first-order valence-corrected chi connectivity index (χ1v) is 19.6. The smallest absolute Gasteiger partial charge is 0.278 e. The molecule has 5 heterocycles. The van der Waals surface area contributed by atoms with Gasteiger partial charge >= 0.3 is 0 Å². The molecule has 0 aliphatic carbocycles. The lowest BCUT2D eigenvalue weighted by Crippen LogP contribution is -2.62. The number of hydrogen-bond donors (Lipinski definition) is 1. The molecule has 0 saturated carbocycles. The van der Waals surface area contributed by atoms with E-state index in [1.165, 1.54) is 10.8 Å². The molecule has 1 unspecified atom stereocenters. The van der Waals surface area contributed by atoms with Crippen molar-refractivity contribution < 1.29 is 37.4 Å². The van der Waals surface area contributed by atoms with Gasteiger partial charge in [-0.2, -0.15) is 0 Å². The highest BCUT2D eigenvalue weighted by Gasteiger charge is 2.54. The Kier molecular flexibility index (Phi) is 10.2. The Morgan fingerprint density at radius 3 is 2.20 bits per heavy atom. The quantitative estimate of drug-likeness (QED) is 0.121. The maximum absolute atomic E-state index is 15.9. The van der Waals surface area contributed by atoms with Crippen molar-refractivity contribution in [1.29, 1.82) is 0 Å². The molecule has 8 rings (SSSR count). The number of tetrazole rings is 1. The number of carbonyl (C=O) groups excluding carboxylic acids is 2. The van der Waals surface area contributed by atoms with Gasteiger partial charge in [0.1, 0.15) is 31.3 Å². The van der Waals surface area contributed by atoms with Crippen LogP contribution in [0.2, 0.25) is 0 Å². The number of aromatic nitrogens is 4. The maximum Gasteiger partial charge on any atom is 0.278 e. The number of nitrogens with one attached hydrogen (secondary N) is 1. The summed E-state index contributed by atoms with van der Waals surface area (Å²) in [6.07, 6.45) is 4.18. The molecule has 4 aliphatic rings. The SMILES string of the molecule is Bn1nnc(C2=C(C[N+]3(C)[C@@H]4CC[C@H]3C[C@@H](NC(=O)c3cc(F)c(OCc5ccc(OC)cc5)c(OCc5ccc(OC)cc5)c3)C4)CS[C@@H]3CC(=O)N23)n1. The van der Waals surface area contributed by atoms with Gasteiger partial charge in [0.05, 0.1) is 50.8 Å². The van der Waals surface area contributed by atoms with Crippen LogP contribution < -0.4 is 24.3 Å². The first-order chi connectivity index (χ1) is 26.6. The normalized spacial score (nSPS) is 24.2. The maximum atomic E-state index is 15.9. The average Bonchev–Trinajstić information content (AvgIpc) is 3.66. The van der Waals surface area contributed by atoms with E-state index < -0.39 is 5.82 Å². The zero-order valence-electron chi connectivity index (χ0n) is 31.4. The van der Waals surface area contributed by atoms with Crippen LogP contribution in [0.15, 0.2) is 66.2 Å². The zero-order valence-corrected chi connectivity index (χ0v) is 32.2. The van der Waals surface area contributed by atoms with Crippen LogP contribution in [0, 0.1) is 5.82 Å². The summed E-state index contributed by atoms with van der Waals surface area (Å²) in [6.45, 7) is 0.992. The second kappa shape index (κ2) is 15.2. The number of carbonyl (C=O) groups is 2. The highest BCUT2D eigenvalue weighted by molar-refractivity contribution is 8.00. The number of amides is 2. The second-order valence-corrected chi connectivity index (χ2v) is 16.0. The molecule has 16 heteroatoms.